The minimum absolute atomic E-state index is 0.166. The Hall–Kier alpha value is -3.26. The van der Waals surface area contributed by atoms with Crippen LogP contribution in [0.15, 0.2) is 58.5 Å². The van der Waals surface area contributed by atoms with Gasteiger partial charge in [-0.2, -0.15) is 0 Å². The lowest BCUT2D eigenvalue weighted by atomic mass is 10.1. The molecule has 3 heterocycles. The van der Waals surface area contributed by atoms with Crippen molar-refractivity contribution in [3.63, 3.8) is 0 Å². The highest BCUT2D eigenvalue weighted by Gasteiger charge is 2.14. The first-order valence-corrected chi connectivity index (χ1v) is 8.71. The molecule has 136 valence electrons. The quantitative estimate of drug-likeness (QED) is 0.534. The summed E-state index contributed by atoms with van der Waals surface area (Å²) in [4.78, 5) is 24.2. The molecule has 0 fully saturated rings. The number of aromatic amines is 1. The summed E-state index contributed by atoms with van der Waals surface area (Å²) in [5.74, 6) is 1.09. The maximum absolute atomic E-state index is 13.1. The van der Waals surface area contributed by atoms with E-state index in [0.717, 1.165) is 5.56 Å². The van der Waals surface area contributed by atoms with Gasteiger partial charge in [0.05, 0.1) is 29.8 Å². The van der Waals surface area contributed by atoms with Crippen LogP contribution in [0.5, 0.6) is 5.75 Å². The predicted molar refractivity (Wildman–Crippen MR) is 103 cm³/mol. The molecule has 1 aromatic carbocycles. The lowest BCUT2D eigenvalue weighted by molar-refractivity contribution is 0.415. The third-order valence-corrected chi connectivity index (χ3v) is 4.67. The monoisotopic (exact) mass is 380 g/mol. The second-order valence-electron chi connectivity index (χ2n) is 5.96. The van der Waals surface area contributed by atoms with Gasteiger partial charge in [-0.25, -0.2) is 4.98 Å². The Bertz CT molecular complexity index is 1200. The number of nitrogens with zero attached hydrogens (tertiary/aromatic N) is 3. The molecule has 3 aromatic heterocycles. The van der Waals surface area contributed by atoms with Gasteiger partial charge in [0, 0.05) is 25.0 Å². The Balaban J connectivity index is 1.82. The number of pyridine rings is 1. The standard InChI is InChI=1S/C19H16N4O3S/c1-25-16-8-15-13(7-14(16)17-10-21-11-26-17)18(24)23(19(27)22-15)6-4-12-3-2-5-20-9-12/h2-3,5,7-11H,4,6H2,1H3,(H,22,27). The van der Waals surface area contributed by atoms with Crippen molar-refractivity contribution in [3.8, 4) is 17.1 Å². The third kappa shape index (κ3) is 3.26. The van der Waals surface area contributed by atoms with Crippen LogP contribution >= 0.6 is 12.2 Å². The van der Waals surface area contributed by atoms with Crippen molar-refractivity contribution in [1.29, 1.82) is 0 Å². The zero-order chi connectivity index (χ0) is 18.8. The summed E-state index contributed by atoms with van der Waals surface area (Å²) in [5.41, 5.74) is 2.14. The molecule has 0 amide bonds. The van der Waals surface area contributed by atoms with Gasteiger partial charge >= 0.3 is 0 Å². The van der Waals surface area contributed by atoms with E-state index in [4.69, 9.17) is 21.4 Å². The maximum atomic E-state index is 13.1. The van der Waals surface area contributed by atoms with E-state index in [9.17, 15) is 4.79 Å². The van der Waals surface area contributed by atoms with Crippen molar-refractivity contribution in [3.05, 3.63) is 69.9 Å². The van der Waals surface area contributed by atoms with Crippen LogP contribution in [-0.2, 0) is 13.0 Å². The topological polar surface area (TPSA) is 85.9 Å². The van der Waals surface area contributed by atoms with E-state index in [1.165, 1.54) is 6.39 Å². The van der Waals surface area contributed by atoms with Crippen LogP contribution in [0.25, 0.3) is 22.2 Å². The van der Waals surface area contributed by atoms with E-state index in [0.29, 0.717) is 45.7 Å². The molecule has 7 nitrogen and oxygen atoms in total. The van der Waals surface area contributed by atoms with Gasteiger partial charge in [0.2, 0.25) is 0 Å². The average molecular weight is 380 g/mol. The number of aryl methyl sites for hydroxylation is 1. The molecule has 0 aliphatic carbocycles. The molecule has 1 N–H and O–H groups in total. The van der Waals surface area contributed by atoms with Crippen LogP contribution < -0.4 is 10.3 Å². The molecule has 0 aliphatic rings. The Morgan fingerprint density at radius 1 is 1.30 bits per heavy atom. The van der Waals surface area contributed by atoms with Gasteiger partial charge in [-0.3, -0.25) is 14.3 Å². The van der Waals surface area contributed by atoms with Crippen molar-refractivity contribution in [2.24, 2.45) is 0 Å². The van der Waals surface area contributed by atoms with Gasteiger partial charge in [0.1, 0.15) is 5.75 Å². The highest BCUT2D eigenvalue weighted by atomic mass is 32.1. The van der Waals surface area contributed by atoms with Crippen molar-refractivity contribution in [2.45, 2.75) is 13.0 Å². The lowest BCUT2D eigenvalue weighted by Gasteiger charge is -2.11. The fourth-order valence-corrected chi connectivity index (χ4v) is 3.26. The van der Waals surface area contributed by atoms with Crippen LogP contribution in [0.3, 0.4) is 0 Å². The molecule has 0 radical (unpaired) electrons. The molecular formula is C19H16N4O3S. The molecule has 0 unspecified atom stereocenters. The highest BCUT2D eigenvalue weighted by molar-refractivity contribution is 7.71. The van der Waals surface area contributed by atoms with Gasteiger partial charge in [0.15, 0.2) is 16.9 Å². The van der Waals surface area contributed by atoms with E-state index in [1.807, 2.05) is 12.1 Å². The van der Waals surface area contributed by atoms with Crippen molar-refractivity contribution in [2.75, 3.05) is 7.11 Å². The molecule has 0 atom stereocenters. The number of rotatable bonds is 5. The third-order valence-electron chi connectivity index (χ3n) is 4.35. The number of hydrogen-bond donors (Lipinski definition) is 1. The Morgan fingerprint density at radius 3 is 2.89 bits per heavy atom. The van der Waals surface area contributed by atoms with Crippen molar-refractivity contribution in [1.82, 2.24) is 19.5 Å². The largest absolute Gasteiger partial charge is 0.496 e. The maximum Gasteiger partial charge on any atom is 0.262 e. The number of aromatic nitrogens is 4. The van der Waals surface area contributed by atoms with Gasteiger partial charge in [-0.05, 0) is 36.3 Å². The zero-order valence-corrected chi connectivity index (χ0v) is 15.3. The van der Waals surface area contributed by atoms with Crippen LogP contribution in [-0.4, -0.2) is 26.6 Å². The van der Waals surface area contributed by atoms with Gasteiger partial charge in [-0.15, -0.1) is 0 Å². The molecular weight excluding hydrogens is 364 g/mol. The van der Waals surface area contributed by atoms with Crippen molar-refractivity contribution >= 4 is 23.1 Å². The Labute approximate surface area is 159 Å². The Kier molecular flexibility index (Phi) is 4.55. The molecule has 0 bridgehead atoms. The first-order chi connectivity index (χ1) is 13.2. The molecule has 0 aliphatic heterocycles. The number of nitrogens with one attached hydrogen (secondary N) is 1. The summed E-state index contributed by atoms with van der Waals surface area (Å²) in [6.07, 6.45) is 7.07. The normalized spacial score (nSPS) is 11.0. The summed E-state index contributed by atoms with van der Waals surface area (Å²) < 4.78 is 12.7. The van der Waals surface area contributed by atoms with Gasteiger partial charge in [0.25, 0.3) is 5.56 Å². The lowest BCUT2D eigenvalue weighted by Crippen LogP contribution is -2.23. The molecule has 8 heteroatoms. The molecule has 4 rings (SSSR count). The van der Waals surface area contributed by atoms with Gasteiger partial charge < -0.3 is 14.1 Å². The minimum atomic E-state index is -0.166. The van der Waals surface area contributed by atoms with E-state index in [-0.39, 0.29) is 5.56 Å². The summed E-state index contributed by atoms with van der Waals surface area (Å²) in [5, 5.41) is 0.502. The van der Waals surface area contributed by atoms with E-state index in [1.54, 1.807) is 42.4 Å². The van der Waals surface area contributed by atoms with Crippen LogP contribution in [0.2, 0.25) is 0 Å². The first-order valence-electron chi connectivity index (χ1n) is 8.30. The number of methoxy groups -OCH3 is 1. The number of benzene rings is 1. The van der Waals surface area contributed by atoms with E-state index in [2.05, 4.69) is 15.0 Å². The van der Waals surface area contributed by atoms with Crippen LogP contribution in [0.4, 0.5) is 0 Å². The second kappa shape index (κ2) is 7.16. The fraction of sp³-hybridized carbons (Fsp3) is 0.158. The summed E-state index contributed by atoms with van der Waals surface area (Å²) in [6.45, 7) is 0.458. The first kappa shape index (κ1) is 17.2. The van der Waals surface area contributed by atoms with Crippen LogP contribution in [0, 0.1) is 4.77 Å². The molecule has 4 aromatic rings. The second-order valence-corrected chi connectivity index (χ2v) is 6.35. The number of H-pyrrole nitrogens is 1. The number of ether oxygens (including phenoxy) is 1. The Morgan fingerprint density at radius 2 is 2.19 bits per heavy atom. The van der Waals surface area contributed by atoms with Crippen LogP contribution in [0.1, 0.15) is 5.56 Å². The number of fused-ring (bicyclic) bond motifs is 1. The zero-order valence-electron chi connectivity index (χ0n) is 14.5. The van der Waals surface area contributed by atoms with Gasteiger partial charge in [-0.1, -0.05) is 6.07 Å². The fourth-order valence-electron chi connectivity index (χ4n) is 2.98. The van der Waals surface area contributed by atoms with E-state index < -0.39 is 0 Å². The minimum Gasteiger partial charge on any atom is -0.496 e. The number of oxazole rings is 1. The number of hydrogen-bond acceptors (Lipinski definition) is 6. The smallest absolute Gasteiger partial charge is 0.262 e. The predicted octanol–water partition coefficient (Wildman–Crippen LogP) is 3.36. The molecule has 27 heavy (non-hydrogen) atoms. The summed E-state index contributed by atoms with van der Waals surface area (Å²) in [6, 6.07) is 7.33. The molecule has 0 spiro atoms. The molecule has 0 saturated heterocycles. The molecule has 0 saturated carbocycles. The van der Waals surface area contributed by atoms with E-state index >= 15 is 0 Å². The summed E-state index contributed by atoms with van der Waals surface area (Å²) >= 11 is 5.40. The SMILES string of the molecule is COc1cc2[nH]c(=S)n(CCc3cccnc3)c(=O)c2cc1-c1cnco1. The average Bonchev–Trinajstić information content (AvgIpc) is 3.22. The van der Waals surface area contributed by atoms with Crippen molar-refractivity contribution < 1.29 is 9.15 Å². The summed E-state index contributed by atoms with van der Waals surface area (Å²) in [7, 11) is 1.56. The highest BCUT2D eigenvalue weighted by Crippen LogP contribution is 2.32.